The standard InChI is InChI=1S/C20H20N2O5S/c1-24-14-9-13(10-15(11-14)25-2)19-21-17(20(23)27-19)12-16-3-4-18(28-16)22-5-7-26-8-6-22/h3-4,9-12H,5-8H2,1-2H3/b17-12-. The minimum Gasteiger partial charge on any atom is -0.497 e. The van der Waals surface area contributed by atoms with E-state index in [0.717, 1.165) is 36.2 Å². The third kappa shape index (κ3) is 3.88. The van der Waals surface area contributed by atoms with Crippen LogP contribution in [0.2, 0.25) is 0 Å². The molecule has 4 rings (SSSR count). The summed E-state index contributed by atoms with van der Waals surface area (Å²) in [7, 11) is 3.13. The summed E-state index contributed by atoms with van der Waals surface area (Å²) in [5, 5.41) is 1.16. The number of morpholine rings is 1. The van der Waals surface area contributed by atoms with Gasteiger partial charge in [0, 0.05) is 29.6 Å². The van der Waals surface area contributed by atoms with Crippen LogP contribution in [0.3, 0.4) is 0 Å². The third-order valence-corrected chi connectivity index (χ3v) is 5.53. The molecular weight excluding hydrogens is 380 g/mol. The predicted octanol–water partition coefficient (Wildman–Crippen LogP) is 2.95. The summed E-state index contributed by atoms with van der Waals surface area (Å²) in [5.74, 6) is 0.953. The number of aliphatic imine (C=N–C) groups is 1. The first-order chi connectivity index (χ1) is 13.7. The van der Waals surface area contributed by atoms with E-state index in [4.69, 9.17) is 18.9 Å². The second-order valence-electron chi connectivity index (χ2n) is 6.21. The Bertz CT molecular complexity index is 922. The first-order valence-electron chi connectivity index (χ1n) is 8.85. The molecule has 1 saturated heterocycles. The molecule has 2 aromatic rings. The number of nitrogens with zero attached hydrogens (tertiary/aromatic N) is 2. The number of ether oxygens (including phenoxy) is 4. The predicted molar refractivity (Wildman–Crippen MR) is 108 cm³/mol. The smallest absolute Gasteiger partial charge is 0.363 e. The molecule has 0 aliphatic carbocycles. The van der Waals surface area contributed by atoms with Crippen molar-refractivity contribution in [1.29, 1.82) is 0 Å². The van der Waals surface area contributed by atoms with Gasteiger partial charge >= 0.3 is 5.97 Å². The van der Waals surface area contributed by atoms with Crippen molar-refractivity contribution in [2.45, 2.75) is 0 Å². The van der Waals surface area contributed by atoms with Gasteiger partial charge in [-0.2, -0.15) is 0 Å². The third-order valence-electron chi connectivity index (χ3n) is 4.43. The van der Waals surface area contributed by atoms with Gasteiger partial charge in [0.05, 0.1) is 32.4 Å². The molecule has 0 amide bonds. The number of esters is 1. The van der Waals surface area contributed by atoms with Crippen molar-refractivity contribution < 1.29 is 23.7 Å². The first-order valence-corrected chi connectivity index (χ1v) is 9.66. The zero-order valence-corrected chi connectivity index (χ0v) is 16.5. The summed E-state index contributed by atoms with van der Waals surface area (Å²) < 4.78 is 21.3. The van der Waals surface area contributed by atoms with E-state index in [2.05, 4.69) is 16.0 Å². The topological polar surface area (TPSA) is 69.6 Å². The van der Waals surface area contributed by atoms with Crippen molar-refractivity contribution in [3.05, 3.63) is 46.5 Å². The Hall–Kier alpha value is -2.84. The van der Waals surface area contributed by atoms with Gasteiger partial charge in [-0.1, -0.05) is 0 Å². The molecule has 8 heteroatoms. The summed E-state index contributed by atoms with van der Waals surface area (Å²) in [6, 6.07) is 9.28. The average Bonchev–Trinajstić information content (AvgIpc) is 3.35. The Balaban J connectivity index is 1.58. The number of hydrogen-bond donors (Lipinski definition) is 0. The van der Waals surface area contributed by atoms with Crippen LogP contribution in [-0.4, -0.2) is 52.4 Å². The van der Waals surface area contributed by atoms with Crippen LogP contribution in [0.1, 0.15) is 10.4 Å². The average molecular weight is 400 g/mol. The van der Waals surface area contributed by atoms with Gasteiger partial charge in [-0.25, -0.2) is 9.79 Å². The lowest BCUT2D eigenvalue weighted by Crippen LogP contribution is -2.35. The number of rotatable bonds is 5. The summed E-state index contributed by atoms with van der Waals surface area (Å²) in [6.07, 6.45) is 1.75. The van der Waals surface area contributed by atoms with Crippen LogP contribution < -0.4 is 14.4 Å². The van der Waals surface area contributed by atoms with Gasteiger partial charge in [0.25, 0.3) is 0 Å². The lowest BCUT2D eigenvalue weighted by molar-refractivity contribution is -0.129. The summed E-state index contributed by atoms with van der Waals surface area (Å²) in [6.45, 7) is 3.22. The maximum atomic E-state index is 12.3. The van der Waals surface area contributed by atoms with Gasteiger partial charge in [0.1, 0.15) is 11.5 Å². The van der Waals surface area contributed by atoms with Gasteiger partial charge in [-0.15, -0.1) is 11.3 Å². The molecule has 0 spiro atoms. The van der Waals surface area contributed by atoms with Crippen molar-refractivity contribution >= 4 is 34.3 Å². The van der Waals surface area contributed by atoms with Gasteiger partial charge < -0.3 is 23.8 Å². The SMILES string of the molecule is COc1cc(OC)cc(C2=N/C(=C\c3ccc(N4CCOCC4)s3)C(=O)O2)c1. The van der Waals surface area contributed by atoms with Crippen molar-refractivity contribution in [1.82, 2.24) is 0 Å². The fraction of sp³-hybridized carbons (Fsp3) is 0.300. The van der Waals surface area contributed by atoms with E-state index >= 15 is 0 Å². The van der Waals surface area contributed by atoms with Crippen molar-refractivity contribution in [2.75, 3.05) is 45.4 Å². The Morgan fingerprint density at radius 1 is 1.11 bits per heavy atom. The highest BCUT2D eigenvalue weighted by Crippen LogP contribution is 2.30. The van der Waals surface area contributed by atoms with E-state index in [9.17, 15) is 4.79 Å². The molecule has 7 nitrogen and oxygen atoms in total. The van der Waals surface area contributed by atoms with E-state index in [-0.39, 0.29) is 11.6 Å². The molecule has 146 valence electrons. The largest absolute Gasteiger partial charge is 0.497 e. The normalized spacial score (nSPS) is 18.2. The minimum absolute atomic E-state index is 0.235. The summed E-state index contributed by atoms with van der Waals surface area (Å²) in [4.78, 5) is 19.9. The minimum atomic E-state index is -0.474. The number of methoxy groups -OCH3 is 2. The molecule has 0 radical (unpaired) electrons. The van der Waals surface area contributed by atoms with Gasteiger partial charge in [-0.05, 0) is 30.3 Å². The Kier molecular flexibility index (Phi) is 5.31. The molecule has 1 aromatic carbocycles. The van der Waals surface area contributed by atoms with Crippen LogP contribution in [0.25, 0.3) is 6.08 Å². The highest BCUT2D eigenvalue weighted by atomic mass is 32.1. The molecule has 2 aliphatic heterocycles. The molecule has 0 bridgehead atoms. The van der Waals surface area contributed by atoms with E-state index in [1.807, 2.05) is 6.07 Å². The fourth-order valence-electron chi connectivity index (χ4n) is 2.97. The van der Waals surface area contributed by atoms with Crippen LogP contribution >= 0.6 is 11.3 Å². The van der Waals surface area contributed by atoms with Crippen LogP contribution in [0.5, 0.6) is 11.5 Å². The number of thiophene rings is 1. The van der Waals surface area contributed by atoms with Gasteiger partial charge in [0.2, 0.25) is 5.90 Å². The number of cyclic esters (lactones) is 1. The van der Waals surface area contributed by atoms with Crippen molar-refractivity contribution in [3.63, 3.8) is 0 Å². The van der Waals surface area contributed by atoms with Crippen LogP contribution in [0.4, 0.5) is 5.00 Å². The lowest BCUT2D eigenvalue weighted by Gasteiger charge is -2.27. The summed E-state index contributed by atoms with van der Waals surface area (Å²) in [5.41, 5.74) is 0.889. The zero-order valence-electron chi connectivity index (χ0n) is 15.6. The highest BCUT2D eigenvalue weighted by molar-refractivity contribution is 7.16. The molecule has 0 N–H and O–H groups in total. The monoisotopic (exact) mass is 400 g/mol. The van der Waals surface area contributed by atoms with Crippen molar-refractivity contribution in [3.8, 4) is 11.5 Å². The first kappa shape index (κ1) is 18.5. The number of anilines is 1. The number of carbonyl (C=O) groups excluding carboxylic acids is 1. The quantitative estimate of drug-likeness (QED) is 0.568. The molecule has 0 unspecified atom stereocenters. The molecule has 0 saturated carbocycles. The molecule has 28 heavy (non-hydrogen) atoms. The van der Waals surface area contributed by atoms with E-state index < -0.39 is 5.97 Å². The Morgan fingerprint density at radius 2 is 1.82 bits per heavy atom. The Morgan fingerprint density at radius 3 is 2.50 bits per heavy atom. The van der Waals surface area contributed by atoms with E-state index in [1.165, 1.54) is 0 Å². The molecule has 1 fully saturated rings. The van der Waals surface area contributed by atoms with Crippen LogP contribution in [0, 0.1) is 0 Å². The maximum Gasteiger partial charge on any atom is 0.363 e. The second kappa shape index (κ2) is 8.04. The molecular formula is C20H20N2O5S. The molecule has 1 aromatic heterocycles. The van der Waals surface area contributed by atoms with Gasteiger partial charge in [-0.3, -0.25) is 0 Å². The van der Waals surface area contributed by atoms with Crippen molar-refractivity contribution in [2.24, 2.45) is 4.99 Å². The molecule has 2 aliphatic rings. The highest BCUT2D eigenvalue weighted by Gasteiger charge is 2.25. The maximum absolute atomic E-state index is 12.3. The van der Waals surface area contributed by atoms with E-state index in [1.54, 1.807) is 49.8 Å². The number of carbonyl (C=O) groups is 1. The molecule has 3 heterocycles. The fourth-order valence-corrected chi connectivity index (χ4v) is 3.97. The number of hydrogen-bond acceptors (Lipinski definition) is 8. The lowest BCUT2D eigenvalue weighted by atomic mass is 10.2. The Labute approximate surface area is 166 Å². The molecule has 0 atom stereocenters. The zero-order chi connectivity index (χ0) is 19.5. The second-order valence-corrected chi connectivity index (χ2v) is 7.31. The van der Waals surface area contributed by atoms with Crippen LogP contribution in [0.15, 0.2) is 41.0 Å². The van der Waals surface area contributed by atoms with Gasteiger partial charge in [0.15, 0.2) is 5.70 Å². The number of benzene rings is 1. The van der Waals surface area contributed by atoms with Crippen LogP contribution in [-0.2, 0) is 14.3 Å². The van der Waals surface area contributed by atoms with E-state index in [0.29, 0.717) is 17.1 Å². The summed E-state index contributed by atoms with van der Waals surface area (Å²) >= 11 is 1.61.